The van der Waals surface area contributed by atoms with Gasteiger partial charge in [-0.2, -0.15) is 0 Å². The molecule has 4 rings (SSSR count). The van der Waals surface area contributed by atoms with Gasteiger partial charge in [0.1, 0.15) is 17.3 Å². The van der Waals surface area contributed by atoms with Crippen molar-refractivity contribution in [2.24, 2.45) is 0 Å². The molecule has 0 bridgehead atoms. The zero-order valence-corrected chi connectivity index (χ0v) is 23.8. The van der Waals surface area contributed by atoms with Crippen molar-refractivity contribution >= 4 is 55.4 Å². The fourth-order valence-electron chi connectivity index (χ4n) is 3.82. The van der Waals surface area contributed by atoms with Crippen molar-refractivity contribution in [3.8, 4) is 11.5 Å². The highest BCUT2D eigenvalue weighted by atomic mass is 35.5. The minimum atomic E-state index is -4.17. The number of hydrogen-bond acceptors (Lipinski definition) is 7. The van der Waals surface area contributed by atoms with E-state index >= 15 is 0 Å². The Labute approximate surface area is 234 Å². The maximum Gasteiger partial charge on any atom is 0.266 e. The molecule has 0 fully saturated rings. The number of anilines is 2. The van der Waals surface area contributed by atoms with Crippen LogP contribution >= 0.6 is 34.5 Å². The maximum atomic E-state index is 14.3. The van der Waals surface area contributed by atoms with Crippen LogP contribution in [-0.2, 0) is 16.6 Å². The first-order valence-electron chi connectivity index (χ1n) is 11.3. The van der Waals surface area contributed by atoms with Crippen LogP contribution in [0, 0.1) is 5.82 Å². The van der Waals surface area contributed by atoms with Crippen molar-refractivity contribution in [1.82, 2.24) is 4.98 Å². The monoisotopic (exact) mass is 595 g/mol. The van der Waals surface area contributed by atoms with E-state index in [0.29, 0.717) is 28.3 Å². The van der Waals surface area contributed by atoms with Gasteiger partial charge in [0, 0.05) is 28.8 Å². The molecule has 3 aromatic carbocycles. The largest absolute Gasteiger partial charge is 0.497 e. The van der Waals surface area contributed by atoms with Crippen LogP contribution in [0.4, 0.5) is 15.2 Å². The van der Waals surface area contributed by atoms with Gasteiger partial charge in [0.2, 0.25) is 0 Å². The van der Waals surface area contributed by atoms with Crippen molar-refractivity contribution in [2.45, 2.75) is 24.4 Å². The Morgan fingerprint density at radius 1 is 1.08 bits per heavy atom. The second-order valence-electron chi connectivity index (χ2n) is 8.15. The van der Waals surface area contributed by atoms with E-state index in [1.165, 1.54) is 54.3 Å². The van der Waals surface area contributed by atoms with Crippen LogP contribution in [0.5, 0.6) is 11.5 Å². The van der Waals surface area contributed by atoms with Crippen LogP contribution in [0.1, 0.15) is 24.1 Å². The zero-order chi connectivity index (χ0) is 27.4. The Morgan fingerprint density at radius 2 is 1.79 bits per heavy atom. The molecular formula is C26H24Cl2FN3O4S2. The minimum absolute atomic E-state index is 0.0669. The Hall–Kier alpha value is -3.05. The molecule has 1 atom stereocenters. The third kappa shape index (κ3) is 5.83. The van der Waals surface area contributed by atoms with Crippen molar-refractivity contribution in [2.75, 3.05) is 23.8 Å². The van der Waals surface area contributed by atoms with Crippen LogP contribution in [0.3, 0.4) is 0 Å². The molecule has 12 heteroatoms. The molecule has 0 aliphatic rings. The molecule has 7 nitrogen and oxygen atoms in total. The fraction of sp³-hybridized carbons (Fsp3) is 0.192. The van der Waals surface area contributed by atoms with Gasteiger partial charge in [-0.1, -0.05) is 41.4 Å². The molecule has 200 valence electrons. The first-order chi connectivity index (χ1) is 18.1. The Bertz CT molecular complexity index is 1510. The average molecular weight is 597 g/mol. The Morgan fingerprint density at radius 3 is 2.39 bits per heavy atom. The molecule has 0 aliphatic carbocycles. The van der Waals surface area contributed by atoms with Gasteiger partial charge < -0.3 is 14.8 Å². The molecule has 0 radical (unpaired) electrons. The SMILES string of the molecule is COc1ccc(CN(c2nccs2)S(=O)(=O)c2cc(Cl)c(NC(C)c3ccccc3F)c(Cl)c2)c(OC)c1. The van der Waals surface area contributed by atoms with Gasteiger partial charge in [-0.15, -0.1) is 11.3 Å². The van der Waals surface area contributed by atoms with E-state index in [4.69, 9.17) is 32.7 Å². The summed E-state index contributed by atoms with van der Waals surface area (Å²) in [4.78, 5) is 4.10. The molecule has 0 aliphatic heterocycles. The summed E-state index contributed by atoms with van der Waals surface area (Å²) in [6.45, 7) is 1.69. The van der Waals surface area contributed by atoms with Gasteiger partial charge in [-0.05, 0) is 37.3 Å². The molecule has 0 saturated carbocycles. The molecule has 0 spiro atoms. The fourth-order valence-corrected chi connectivity index (χ4v) is 6.86. The predicted octanol–water partition coefficient (Wildman–Crippen LogP) is 7.17. The first kappa shape index (κ1) is 28.0. The number of sulfonamides is 1. The lowest BCUT2D eigenvalue weighted by Gasteiger charge is -2.24. The highest BCUT2D eigenvalue weighted by Crippen LogP contribution is 2.38. The third-order valence-electron chi connectivity index (χ3n) is 5.78. The number of nitrogens with one attached hydrogen (secondary N) is 1. The summed E-state index contributed by atoms with van der Waals surface area (Å²) in [6, 6.07) is 13.6. The van der Waals surface area contributed by atoms with E-state index in [1.54, 1.807) is 48.7 Å². The van der Waals surface area contributed by atoms with Gasteiger partial charge in [0.15, 0.2) is 5.13 Å². The summed E-state index contributed by atoms with van der Waals surface area (Å²) in [7, 11) is -1.15. The molecule has 1 aromatic heterocycles. The summed E-state index contributed by atoms with van der Waals surface area (Å²) in [6.07, 6.45) is 1.52. The molecule has 38 heavy (non-hydrogen) atoms. The van der Waals surface area contributed by atoms with E-state index in [-0.39, 0.29) is 32.4 Å². The second-order valence-corrected chi connectivity index (χ2v) is 11.7. The lowest BCUT2D eigenvalue weighted by atomic mass is 10.1. The van der Waals surface area contributed by atoms with Crippen molar-refractivity contribution in [1.29, 1.82) is 0 Å². The number of benzene rings is 3. The van der Waals surface area contributed by atoms with Gasteiger partial charge in [0.05, 0.1) is 47.4 Å². The molecular weight excluding hydrogens is 572 g/mol. The Balaban J connectivity index is 1.70. The van der Waals surface area contributed by atoms with E-state index in [9.17, 15) is 12.8 Å². The number of ether oxygens (including phenoxy) is 2. The van der Waals surface area contributed by atoms with Crippen molar-refractivity contribution in [3.63, 3.8) is 0 Å². The zero-order valence-electron chi connectivity index (χ0n) is 20.6. The number of hydrogen-bond donors (Lipinski definition) is 1. The van der Waals surface area contributed by atoms with E-state index in [2.05, 4.69) is 10.3 Å². The smallest absolute Gasteiger partial charge is 0.266 e. The lowest BCUT2D eigenvalue weighted by Crippen LogP contribution is -2.30. The van der Waals surface area contributed by atoms with E-state index in [0.717, 1.165) is 0 Å². The van der Waals surface area contributed by atoms with Crippen molar-refractivity contribution in [3.05, 3.63) is 93.2 Å². The summed E-state index contributed by atoms with van der Waals surface area (Å²) >= 11 is 14.2. The molecule has 1 unspecified atom stereocenters. The number of thiazole rings is 1. The Kier molecular flexibility index (Phi) is 8.67. The van der Waals surface area contributed by atoms with Crippen LogP contribution in [0.25, 0.3) is 0 Å². The van der Waals surface area contributed by atoms with Crippen LogP contribution < -0.4 is 19.1 Å². The highest BCUT2D eigenvalue weighted by molar-refractivity contribution is 7.93. The van der Waals surface area contributed by atoms with Gasteiger partial charge in [0.25, 0.3) is 10.0 Å². The van der Waals surface area contributed by atoms with Crippen LogP contribution in [-0.4, -0.2) is 27.6 Å². The standard InChI is InChI=1S/C26H24Cl2FN3O4S2/c1-16(20-6-4-5-7-23(20)29)31-25-21(27)13-19(14-22(25)28)38(33,34)32(26-30-10-11-37-26)15-17-8-9-18(35-2)12-24(17)36-3/h4-14,16,31H,15H2,1-3H3. The molecule has 0 amide bonds. The quantitative estimate of drug-likeness (QED) is 0.209. The summed E-state index contributed by atoms with van der Waals surface area (Å²) in [5.74, 6) is 0.645. The summed E-state index contributed by atoms with van der Waals surface area (Å²) < 4.78 is 53.9. The lowest BCUT2D eigenvalue weighted by molar-refractivity contribution is 0.391. The number of nitrogens with zero attached hydrogens (tertiary/aromatic N) is 2. The number of rotatable bonds is 10. The van der Waals surface area contributed by atoms with Crippen molar-refractivity contribution < 1.29 is 22.3 Å². The third-order valence-corrected chi connectivity index (χ3v) is 9.00. The van der Waals surface area contributed by atoms with Gasteiger partial charge in [-0.3, -0.25) is 0 Å². The molecule has 1 N–H and O–H groups in total. The molecule has 1 heterocycles. The molecule has 4 aromatic rings. The van der Waals surface area contributed by atoms with E-state index < -0.39 is 16.1 Å². The normalized spacial score (nSPS) is 12.2. The summed E-state index contributed by atoms with van der Waals surface area (Å²) in [5, 5.41) is 5.16. The summed E-state index contributed by atoms with van der Waals surface area (Å²) in [5.41, 5.74) is 1.31. The highest BCUT2D eigenvalue weighted by Gasteiger charge is 2.30. The number of aromatic nitrogens is 1. The second kappa shape index (κ2) is 11.8. The van der Waals surface area contributed by atoms with Crippen LogP contribution in [0.15, 0.2) is 71.1 Å². The van der Waals surface area contributed by atoms with Gasteiger partial charge >= 0.3 is 0 Å². The van der Waals surface area contributed by atoms with Crippen LogP contribution in [0.2, 0.25) is 10.0 Å². The van der Waals surface area contributed by atoms with E-state index in [1.807, 2.05) is 0 Å². The maximum absolute atomic E-state index is 14.3. The number of methoxy groups -OCH3 is 2. The first-order valence-corrected chi connectivity index (χ1v) is 14.4. The minimum Gasteiger partial charge on any atom is -0.497 e. The predicted molar refractivity (Wildman–Crippen MR) is 150 cm³/mol. The topological polar surface area (TPSA) is 80.8 Å². The number of halogens is 3. The van der Waals surface area contributed by atoms with Gasteiger partial charge in [-0.25, -0.2) is 22.1 Å². The average Bonchev–Trinajstić information content (AvgIpc) is 3.43. The molecule has 0 saturated heterocycles.